The lowest BCUT2D eigenvalue weighted by Crippen LogP contribution is -2.49. The Labute approximate surface area is 194 Å². The van der Waals surface area contributed by atoms with Crippen LogP contribution in [-0.4, -0.2) is 83.4 Å². The zero-order valence-electron chi connectivity index (χ0n) is 19.5. The first-order valence-electron chi connectivity index (χ1n) is 11.1. The Hall–Kier alpha value is -3.43. The first-order valence-corrected chi connectivity index (χ1v) is 11.1. The number of likely N-dealkylation sites (N-methyl/N-ethyl adjacent to an activating group) is 1. The Kier molecular flexibility index (Phi) is 6.90. The van der Waals surface area contributed by atoms with Gasteiger partial charge < -0.3 is 14.4 Å². The van der Waals surface area contributed by atoms with Gasteiger partial charge in [-0.3, -0.25) is 5.01 Å². The van der Waals surface area contributed by atoms with Crippen LogP contribution in [0.2, 0.25) is 0 Å². The fourth-order valence-electron chi connectivity index (χ4n) is 4.07. The van der Waals surface area contributed by atoms with E-state index in [1.165, 1.54) is 0 Å². The molecule has 1 atom stereocenters. The molecule has 4 rings (SSSR count). The van der Waals surface area contributed by atoms with E-state index in [9.17, 15) is 0 Å². The van der Waals surface area contributed by atoms with Gasteiger partial charge in [-0.1, -0.05) is 43.5 Å². The third kappa shape index (κ3) is 4.55. The number of amidine groups is 2. The summed E-state index contributed by atoms with van der Waals surface area (Å²) >= 11 is 0. The maximum Gasteiger partial charge on any atom is 0.240 e. The number of morpholine rings is 1. The van der Waals surface area contributed by atoms with Crippen molar-refractivity contribution < 1.29 is 9.47 Å². The second kappa shape index (κ2) is 10.0. The van der Waals surface area contributed by atoms with E-state index >= 15 is 0 Å². The van der Waals surface area contributed by atoms with E-state index in [0.717, 1.165) is 30.1 Å². The van der Waals surface area contributed by atoms with Gasteiger partial charge in [-0.25, -0.2) is 14.7 Å². The third-order valence-corrected chi connectivity index (χ3v) is 5.73. The zero-order valence-corrected chi connectivity index (χ0v) is 19.5. The third-order valence-electron chi connectivity index (χ3n) is 5.73. The molecule has 0 N–H and O–H groups in total. The smallest absolute Gasteiger partial charge is 0.240 e. The molecule has 2 aliphatic rings. The van der Waals surface area contributed by atoms with Crippen molar-refractivity contribution in [2.75, 3.05) is 47.0 Å². The molecule has 0 aliphatic carbocycles. The summed E-state index contributed by atoms with van der Waals surface area (Å²) in [5, 5.41) is 8.78. The van der Waals surface area contributed by atoms with Crippen molar-refractivity contribution >= 4 is 11.7 Å². The molecule has 1 fully saturated rings. The molecule has 9 heteroatoms. The maximum atomic E-state index is 5.63. The number of ether oxygens (including phenoxy) is 2. The topological polar surface area (TPSA) is 70.7 Å². The first-order chi connectivity index (χ1) is 16.1. The number of hydrogen-bond donors (Lipinski definition) is 0. The summed E-state index contributed by atoms with van der Waals surface area (Å²) < 4.78 is 13.0. The van der Waals surface area contributed by atoms with E-state index in [4.69, 9.17) is 24.6 Å². The molecule has 9 nitrogen and oxygen atoms in total. The second-order valence-corrected chi connectivity index (χ2v) is 7.71. The Morgan fingerprint density at radius 1 is 1.21 bits per heavy atom. The Balaban J connectivity index is 1.84. The Bertz CT molecular complexity index is 1050. The van der Waals surface area contributed by atoms with E-state index in [-0.39, 0.29) is 0 Å². The number of hydrazine groups is 1. The molecule has 2 aliphatic heterocycles. The standard InChI is InChI=1S/C24H31N7O2/c1-6-21-25-18(3)22(29-13-15-33-16-14-29)26-24(28(4)31(21)7-2)30-17-20(23(27-30)32-5)19-11-9-8-10-12-19/h6,8-12,17,24H,1,3,7,13-16H2,2,4-5H3/b25-21?,26-22+. The van der Waals surface area contributed by atoms with Crippen molar-refractivity contribution in [3.05, 3.63) is 61.5 Å². The molecule has 1 aromatic heterocycles. The molecule has 1 saturated heterocycles. The normalized spacial score (nSPS) is 21.7. The van der Waals surface area contributed by atoms with E-state index < -0.39 is 6.29 Å². The molecule has 0 bridgehead atoms. The SMILES string of the molecule is C=CC1=NC(=C)/C(N2CCOCC2)=N\C(n2cc(-c3ccccc3)c(OC)n2)N(C)N1CC. The largest absolute Gasteiger partial charge is 0.479 e. The van der Waals surface area contributed by atoms with Crippen LogP contribution in [0.1, 0.15) is 13.2 Å². The minimum Gasteiger partial charge on any atom is -0.479 e. The van der Waals surface area contributed by atoms with Crippen LogP contribution in [-0.2, 0) is 4.74 Å². The monoisotopic (exact) mass is 449 g/mol. The van der Waals surface area contributed by atoms with Crippen molar-refractivity contribution in [2.24, 2.45) is 9.98 Å². The van der Waals surface area contributed by atoms with Gasteiger partial charge in [-0.15, -0.1) is 5.10 Å². The highest BCUT2D eigenvalue weighted by molar-refractivity contribution is 6.02. The summed E-state index contributed by atoms with van der Waals surface area (Å²) in [6.45, 7) is 13.7. The fraction of sp³-hybridized carbons (Fsp3) is 0.375. The summed E-state index contributed by atoms with van der Waals surface area (Å²) in [4.78, 5) is 12.0. The van der Waals surface area contributed by atoms with Gasteiger partial charge >= 0.3 is 0 Å². The maximum absolute atomic E-state index is 5.63. The van der Waals surface area contributed by atoms with Gasteiger partial charge in [0.1, 0.15) is 11.5 Å². The number of rotatable bonds is 5. The van der Waals surface area contributed by atoms with Crippen molar-refractivity contribution in [1.29, 1.82) is 0 Å². The van der Waals surface area contributed by atoms with Crippen LogP contribution in [0.4, 0.5) is 0 Å². The average Bonchev–Trinajstić information content (AvgIpc) is 3.28. The lowest BCUT2D eigenvalue weighted by molar-refractivity contribution is -0.00496. The van der Waals surface area contributed by atoms with Crippen LogP contribution < -0.4 is 4.74 Å². The highest BCUT2D eigenvalue weighted by Gasteiger charge is 2.30. The van der Waals surface area contributed by atoms with Gasteiger partial charge in [-0.05, 0) is 18.6 Å². The van der Waals surface area contributed by atoms with Crippen LogP contribution in [0.15, 0.2) is 71.4 Å². The number of aromatic nitrogens is 2. The fourth-order valence-corrected chi connectivity index (χ4v) is 4.07. The van der Waals surface area contributed by atoms with Crippen molar-refractivity contribution in [3.63, 3.8) is 0 Å². The van der Waals surface area contributed by atoms with E-state index in [1.807, 2.05) is 58.3 Å². The molecule has 1 aromatic carbocycles. The quantitative estimate of drug-likeness (QED) is 0.699. The number of hydrogen-bond acceptors (Lipinski definition) is 8. The molecular weight excluding hydrogens is 418 g/mol. The Morgan fingerprint density at radius 3 is 2.58 bits per heavy atom. The summed E-state index contributed by atoms with van der Waals surface area (Å²) in [5.74, 6) is 1.97. The van der Waals surface area contributed by atoms with E-state index in [0.29, 0.717) is 37.2 Å². The molecule has 0 amide bonds. The highest BCUT2D eigenvalue weighted by Crippen LogP contribution is 2.31. The van der Waals surface area contributed by atoms with Gasteiger partial charge in [-0.2, -0.15) is 5.01 Å². The number of nitrogens with zero attached hydrogens (tertiary/aromatic N) is 7. The molecule has 1 unspecified atom stereocenters. The summed E-state index contributed by atoms with van der Waals surface area (Å²) in [5.41, 5.74) is 2.51. The predicted molar refractivity (Wildman–Crippen MR) is 130 cm³/mol. The predicted octanol–water partition coefficient (Wildman–Crippen LogP) is 3.03. The number of benzene rings is 1. The summed E-state index contributed by atoms with van der Waals surface area (Å²) in [6, 6.07) is 10.1. The molecule has 3 heterocycles. The van der Waals surface area contributed by atoms with E-state index in [1.54, 1.807) is 13.2 Å². The van der Waals surface area contributed by atoms with Gasteiger partial charge in [0.2, 0.25) is 12.2 Å². The van der Waals surface area contributed by atoms with Crippen molar-refractivity contribution in [2.45, 2.75) is 13.2 Å². The summed E-state index contributed by atoms with van der Waals surface area (Å²) in [7, 11) is 3.60. The number of methoxy groups -OCH3 is 1. The van der Waals surface area contributed by atoms with Crippen LogP contribution >= 0.6 is 0 Å². The average molecular weight is 450 g/mol. The van der Waals surface area contributed by atoms with Crippen LogP contribution in [0, 0.1) is 0 Å². The van der Waals surface area contributed by atoms with Crippen LogP contribution in [0.25, 0.3) is 11.1 Å². The molecule has 2 aromatic rings. The highest BCUT2D eigenvalue weighted by atomic mass is 16.5. The molecule has 0 saturated carbocycles. The van der Waals surface area contributed by atoms with Gasteiger partial charge in [0, 0.05) is 32.9 Å². The lowest BCUT2D eigenvalue weighted by Gasteiger charge is -2.39. The molecule has 0 spiro atoms. The minimum atomic E-state index is -0.489. The lowest BCUT2D eigenvalue weighted by atomic mass is 10.1. The second-order valence-electron chi connectivity index (χ2n) is 7.71. The van der Waals surface area contributed by atoms with Gasteiger partial charge in [0.05, 0.1) is 25.9 Å². The van der Waals surface area contributed by atoms with Gasteiger partial charge in [0.15, 0.2) is 5.84 Å². The van der Waals surface area contributed by atoms with Crippen molar-refractivity contribution in [1.82, 2.24) is 24.7 Å². The number of aliphatic imine (C=N–C) groups is 2. The molecule has 174 valence electrons. The molecular formula is C24H31N7O2. The minimum absolute atomic E-state index is 0.489. The molecule has 33 heavy (non-hydrogen) atoms. The molecule has 0 radical (unpaired) electrons. The Morgan fingerprint density at radius 2 is 1.94 bits per heavy atom. The van der Waals surface area contributed by atoms with Crippen molar-refractivity contribution in [3.8, 4) is 17.0 Å². The summed E-state index contributed by atoms with van der Waals surface area (Å²) in [6.07, 6.45) is 3.22. The van der Waals surface area contributed by atoms with Crippen LogP contribution in [0.5, 0.6) is 5.88 Å². The zero-order chi connectivity index (χ0) is 23.4. The van der Waals surface area contributed by atoms with Gasteiger partial charge in [0.25, 0.3) is 0 Å². The van der Waals surface area contributed by atoms with E-state index in [2.05, 4.69) is 25.0 Å². The van der Waals surface area contributed by atoms with Crippen LogP contribution in [0.3, 0.4) is 0 Å². The first kappa shape index (κ1) is 22.8.